The van der Waals surface area contributed by atoms with E-state index in [0.29, 0.717) is 0 Å². The fraction of sp³-hybridized carbons (Fsp3) is 0.889. The van der Waals surface area contributed by atoms with Crippen molar-refractivity contribution < 1.29 is 18.3 Å². The minimum absolute atomic E-state index is 0.184. The SMILES string of the molecule is CC(=O)OC(C)CC(C)C(C)(F)F. The van der Waals surface area contributed by atoms with E-state index in [1.54, 1.807) is 6.92 Å². The molecule has 0 aromatic carbocycles. The van der Waals surface area contributed by atoms with E-state index in [1.165, 1.54) is 13.8 Å². The molecule has 0 heterocycles. The van der Waals surface area contributed by atoms with Gasteiger partial charge in [0.05, 0.1) is 6.10 Å². The Balaban J connectivity index is 3.92. The average molecular weight is 194 g/mol. The van der Waals surface area contributed by atoms with Crippen LogP contribution in [0.15, 0.2) is 0 Å². The van der Waals surface area contributed by atoms with E-state index in [2.05, 4.69) is 0 Å². The van der Waals surface area contributed by atoms with Gasteiger partial charge in [0.25, 0.3) is 0 Å². The third-order valence-electron chi connectivity index (χ3n) is 1.92. The van der Waals surface area contributed by atoms with Gasteiger partial charge in [0.1, 0.15) is 0 Å². The molecule has 0 saturated carbocycles. The van der Waals surface area contributed by atoms with Gasteiger partial charge in [0.15, 0.2) is 0 Å². The van der Waals surface area contributed by atoms with Gasteiger partial charge in [0.2, 0.25) is 5.92 Å². The van der Waals surface area contributed by atoms with Crippen LogP contribution in [0.25, 0.3) is 0 Å². The van der Waals surface area contributed by atoms with E-state index in [0.717, 1.165) is 6.92 Å². The Kier molecular flexibility index (Phi) is 4.30. The van der Waals surface area contributed by atoms with Gasteiger partial charge in [-0.05, 0) is 20.3 Å². The van der Waals surface area contributed by atoms with Gasteiger partial charge in [-0.2, -0.15) is 0 Å². The largest absolute Gasteiger partial charge is 0.463 e. The van der Waals surface area contributed by atoms with E-state index in [-0.39, 0.29) is 6.42 Å². The Morgan fingerprint density at radius 1 is 1.46 bits per heavy atom. The summed E-state index contributed by atoms with van der Waals surface area (Å²) in [5.74, 6) is -3.92. The van der Waals surface area contributed by atoms with Crippen LogP contribution in [-0.2, 0) is 9.53 Å². The molecule has 0 aliphatic carbocycles. The number of halogens is 2. The van der Waals surface area contributed by atoms with Crippen LogP contribution < -0.4 is 0 Å². The maximum Gasteiger partial charge on any atom is 0.302 e. The smallest absolute Gasteiger partial charge is 0.302 e. The lowest BCUT2D eigenvalue weighted by Crippen LogP contribution is -2.26. The van der Waals surface area contributed by atoms with Crippen LogP contribution in [0.5, 0.6) is 0 Å². The Morgan fingerprint density at radius 3 is 2.23 bits per heavy atom. The number of carbonyl (C=O) groups excluding carboxylic acids is 1. The molecule has 2 nitrogen and oxygen atoms in total. The van der Waals surface area contributed by atoms with E-state index in [1.807, 2.05) is 0 Å². The quantitative estimate of drug-likeness (QED) is 0.643. The molecule has 0 N–H and O–H groups in total. The molecule has 2 unspecified atom stereocenters. The monoisotopic (exact) mass is 194 g/mol. The van der Waals surface area contributed by atoms with Gasteiger partial charge in [-0.15, -0.1) is 0 Å². The minimum atomic E-state index is -2.71. The molecule has 0 aliphatic heterocycles. The first-order chi connectivity index (χ1) is 5.73. The van der Waals surface area contributed by atoms with Crippen molar-refractivity contribution in [1.82, 2.24) is 0 Å². The van der Waals surface area contributed by atoms with Crippen molar-refractivity contribution in [2.24, 2.45) is 5.92 Å². The molecule has 0 bridgehead atoms. The molecular formula is C9H16F2O2. The van der Waals surface area contributed by atoms with Crippen LogP contribution in [0.1, 0.15) is 34.1 Å². The summed E-state index contributed by atoms with van der Waals surface area (Å²) >= 11 is 0. The van der Waals surface area contributed by atoms with Crippen LogP contribution >= 0.6 is 0 Å². The zero-order chi connectivity index (χ0) is 10.6. The summed E-state index contributed by atoms with van der Waals surface area (Å²) in [6.07, 6.45) is -0.262. The van der Waals surface area contributed by atoms with E-state index < -0.39 is 23.9 Å². The summed E-state index contributed by atoms with van der Waals surface area (Å²) < 4.78 is 30.1. The molecule has 2 atom stereocenters. The lowest BCUT2D eigenvalue weighted by molar-refractivity contribution is -0.147. The van der Waals surface area contributed by atoms with Gasteiger partial charge in [-0.25, -0.2) is 8.78 Å². The standard InChI is InChI=1S/C9H16F2O2/c1-6(9(4,10)11)5-7(2)13-8(3)12/h6-7H,5H2,1-4H3. The molecule has 78 valence electrons. The summed E-state index contributed by atoms with van der Waals surface area (Å²) in [7, 11) is 0. The van der Waals surface area contributed by atoms with E-state index >= 15 is 0 Å². The highest BCUT2D eigenvalue weighted by Crippen LogP contribution is 2.27. The van der Waals surface area contributed by atoms with Crippen LogP contribution in [-0.4, -0.2) is 18.0 Å². The van der Waals surface area contributed by atoms with Crippen molar-refractivity contribution in [1.29, 1.82) is 0 Å². The number of hydrogen-bond donors (Lipinski definition) is 0. The summed E-state index contributed by atoms with van der Waals surface area (Å²) in [5.41, 5.74) is 0. The summed E-state index contributed by atoms with van der Waals surface area (Å²) in [5, 5.41) is 0. The topological polar surface area (TPSA) is 26.3 Å². The first-order valence-electron chi connectivity index (χ1n) is 4.28. The Bertz CT molecular complexity index is 175. The Hall–Kier alpha value is -0.670. The highest BCUT2D eigenvalue weighted by Gasteiger charge is 2.31. The third-order valence-corrected chi connectivity index (χ3v) is 1.92. The van der Waals surface area contributed by atoms with Crippen molar-refractivity contribution in [2.75, 3.05) is 0 Å². The second-order valence-corrected chi connectivity index (χ2v) is 3.51. The molecule has 0 fully saturated rings. The number of esters is 1. The van der Waals surface area contributed by atoms with Gasteiger partial charge >= 0.3 is 5.97 Å². The zero-order valence-electron chi connectivity index (χ0n) is 8.43. The highest BCUT2D eigenvalue weighted by atomic mass is 19.3. The second-order valence-electron chi connectivity index (χ2n) is 3.51. The zero-order valence-corrected chi connectivity index (χ0v) is 8.43. The van der Waals surface area contributed by atoms with Gasteiger partial charge in [-0.3, -0.25) is 4.79 Å². The molecule has 0 aromatic rings. The third kappa shape index (κ3) is 5.55. The minimum Gasteiger partial charge on any atom is -0.463 e. The molecule has 0 aromatic heterocycles. The summed E-state index contributed by atoms with van der Waals surface area (Å²) in [4.78, 5) is 10.5. The van der Waals surface area contributed by atoms with Gasteiger partial charge in [0, 0.05) is 12.8 Å². The fourth-order valence-electron chi connectivity index (χ4n) is 1.04. The number of alkyl halides is 2. The molecule has 0 aliphatic rings. The first kappa shape index (κ1) is 12.3. The average Bonchev–Trinajstić information content (AvgIpc) is 1.82. The number of carbonyl (C=O) groups is 1. The van der Waals surface area contributed by atoms with Crippen molar-refractivity contribution >= 4 is 5.97 Å². The molecule has 13 heavy (non-hydrogen) atoms. The van der Waals surface area contributed by atoms with Crippen molar-refractivity contribution in [3.63, 3.8) is 0 Å². The summed E-state index contributed by atoms with van der Waals surface area (Å²) in [6, 6.07) is 0. The maximum atomic E-state index is 12.7. The Labute approximate surface area is 77.3 Å². The lowest BCUT2D eigenvalue weighted by Gasteiger charge is -2.22. The van der Waals surface area contributed by atoms with E-state index in [4.69, 9.17) is 4.74 Å². The summed E-state index contributed by atoms with van der Waals surface area (Å²) in [6.45, 7) is 5.20. The molecular weight excluding hydrogens is 178 g/mol. The molecule has 0 amide bonds. The van der Waals surface area contributed by atoms with Crippen LogP contribution in [0, 0.1) is 5.92 Å². The van der Waals surface area contributed by atoms with Crippen molar-refractivity contribution in [3.8, 4) is 0 Å². The van der Waals surface area contributed by atoms with Crippen LogP contribution in [0.4, 0.5) is 8.78 Å². The first-order valence-corrected chi connectivity index (χ1v) is 4.28. The highest BCUT2D eigenvalue weighted by molar-refractivity contribution is 5.66. The molecule has 0 rings (SSSR count). The van der Waals surface area contributed by atoms with Crippen LogP contribution in [0.2, 0.25) is 0 Å². The molecule has 0 radical (unpaired) electrons. The molecule has 4 heteroatoms. The van der Waals surface area contributed by atoms with E-state index in [9.17, 15) is 13.6 Å². The molecule has 0 saturated heterocycles. The van der Waals surface area contributed by atoms with Crippen molar-refractivity contribution in [2.45, 2.75) is 46.1 Å². The maximum absolute atomic E-state index is 12.7. The predicted octanol–water partition coefficient (Wildman–Crippen LogP) is 2.62. The number of rotatable bonds is 4. The normalized spacial score (nSPS) is 16.5. The molecule has 0 spiro atoms. The number of hydrogen-bond acceptors (Lipinski definition) is 2. The van der Waals surface area contributed by atoms with Crippen LogP contribution in [0.3, 0.4) is 0 Å². The lowest BCUT2D eigenvalue weighted by atomic mass is 9.98. The number of ether oxygens (including phenoxy) is 1. The fourth-order valence-corrected chi connectivity index (χ4v) is 1.04. The second kappa shape index (κ2) is 4.53. The van der Waals surface area contributed by atoms with Crippen molar-refractivity contribution in [3.05, 3.63) is 0 Å². The Morgan fingerprint density at radius 2 is 1.92 bits per heavy atom. The predicted molar refractivity (Wildman–Crippen MR) is 45.6 cm³/mol. The van der Waals surface area contributed by atoms with Gasteiger partial charge in [-0.1, -0.05) is 6.92 Å². The van der Waals surface area contributed by atoms with Gasteiger partial charge < -0.3 is 4.74 Å².